The molecule has 0 aliphatic carbocycles. The van der Waals surface area contributed by atoms with Crippen molar-refractivity contribution in [2.45, 2.75) is 32.4 Å². The molecule has 8 heteroatoms. The van der Waals surface area contributed by atoms with Crippen LogP contribution in [0.1, 0.15) is 24.0 Å². The van der Waals surface area contributed by atoms with Crippen LogP contribution in [0.3, 0.4) is 0 Å². The van der Waals surface area contributed by atoms with Gasteiger partial charge in [-0.1, -0.05) is 59.8 Å². The average Bonchev–Trinajstić information content (AvgIpc) is 3.32. The van der Waals surface area contributed by atoms with Crippen molar-refractivity contribution in [1.82, 2.24) is 24.9 Å². The lowest BCUT2D eigenvalue weighted by atomic mass is 10.00. The number of amides is 1. The second-order valence-corrected chi connectivity index (χ2v) is 8.57. The van der Waals surface area contributed by atoms with Crippen molar-refractivity contribution in [3.63, 3.8) is 0 Å². The Morgan fingerprint density at radius 1 is 1.03 bits per heavy atom. The molecule has 1 aliphatic rings. The van der Waals surface area contributed by atoms with Crippen molar-refractivity contribution < 1.29 is 9.32 Å². The van der Waals surface area contributed by atoms with Gasteiger partial charge < -0.3 is 9.84 Å². The largest absolute Gasteiger partial charge is 0.356 e. The lowest BCUT2D eigenvalue weighted by Crippen LogP contribution is -2.34. The van der Waals surface area contributed by atoms with Gasteiger partial charge >= 0.3 is 0 Å². The number of nitrogens with one attached hydrogen (secondary N) is 1. The van der Waals surface area contributed by atoms with E-state index in [-0.39, 0.29) is 30.0 Å². The van der Waals surface area contributed by atoms with E-state index in [1.165, 1.54) is 22.0 Å². The van der Waals surface area contributed by atoms with Gasteiger partial charge in [-0.05, 0) is 24.0 Å². The Bertz CT molecular complexity index is 1350. The van der Waals surface area contributed by atoms with Gasteiger partial charge in [-0.2, -0.15) is 0 Å². The van der Waals surface area contributed by atoms with Gasteiger partial charge in [0.15, 0.2) is 0 Å². The fourth-order valence-electron chi connectivity index (χ4n) is 4.39. The third-order valence-electron chi connectivity index (χ3n) is 6.26. The highest BCUT2D eigenvalue weighted by Crippen LogP contribution is 2.24. The number of hydrogen-bond acceptors (Lipinski definition) is 6. The van der Waals surface area contributed by atoms with E-state index in [0.717, 1.165) is 38.0 Å². The summed E-state index contributed by atoms with van der Waals surface area (Å²) in [6.07, 6.45) is 3.62. The summed E-state index contributed by atoms with van der Waals surface area (Å²) in [6.45, 7) is 3.82. The van der Waals surface area contributed by atoms with Crippen molar-refractivity contribution in [2.24, 2.45) is 0 Å². The molecule has 0 saturated heterocycles. The summed E-state index contributed by atoms with van der Waals surface area (Å²) >= 11 is 0. The summed E-state index contributed by atoms with van der Waals surface area (Å²) in [5.41, 5.74) is 4.40. The molecule has 0 unspecified atom stereocenters. The zero-order valence-corrected chi connectivity index (χ0v) is 18.9. The molecule has 0 bridgehead atoms. The molecule has 3 heterocycles. The number of aromatic nitrogens is 3. The van der Waals surface area contributed by atoms with Crippen molar-refractivity contribution >= 4 is 17.0 Å². The van der Waals surface area contributed by atoms with Crippen molar-refractivity contribution in [3.05, 3.63) is 82.4 Å². The molecular weight excluding hydrogens is 430 g/mol. The zero-order valence-electron chi connectivity index (χ0n) is 18.9. The van der Waals surface area contributed by atoms with Gasteiger partial charge in [0.25, 0.3) is 11.1 Å². The van der Waals surface area contributed by atoms with E-state index in [2.05, 4.69) is 44.6 Å². The summed E-state index contributed by atoms with van der Waals surface area (Å²) in [6, 6.07) is 18.0. The van der Waals surface area contributed by atoms with Crippen LogP contribution >= 0.6 is 0 Å². The number of carbonyl (C=O) groups is 1. The topological polar surface area (TPSA) is 93.3 Å². The Hall–Kier alpha value is -3.78. The van der Waals surface area contributed by atoms with Crippen LogP contribution in [0.5, 0.6) is 0 Å². The normalized spacial score (nSPS) is 13.6. The molecule has 5 rings (SSSR count). The van der Waals surface area contributed by atoms with Crippen LogP contribution in [0.4, 0.5) is 0 Å². The van der Waals surface area contributed by atoms with E-state index >= 15 is 0 Å². The van der Waals surface area contributed by atoms with E-state index in [4.69, 9.17) is 4.52 Å². The highest BCUT2D eigenvalue weighted by atomic mass is 16.5. The molecule has 2 aromatic heterocycles. The number of hydrogen-bond donors (Lipinski definition) is 1. The number of fused-ring (bicyclic) bond motifs is 2. The molecule has 0 radical (unpaired) electrons. The Morgan fingerprint density at radius 3 is 2.68 bits per heavy atom. The second-order valence-electron chi connectivity index (χ2n) is 8.57. The van der Waals surface area contributed by atoms with Crippen LogP contribution in [0.15, 0.2) is 70.2 Å². The van der Waals surface area contributed by atoms with Gasteiger partial charge in [-0.3, -0.25) is 19.1 Å². The Morgan fingerprint density at radius 2 is 1.82 bits per heavy atom. The SMILES string of the molecule is O=C(CCn1cnc2c(-c3ccccc3)noc2c1=O)NCCCN1CCc2ccccc2C1. The zero-order chi connectivity index (χ0) is 23.3. The molecule has 4 aromatic rings. The van der Waals surface area contributed by atoms with Crippen LogP contribution in [-0.4, -0.2) is 45.1 Å². The highest BCUT2D eigenvalue weighted by molar-refractivity contribution is 5.87. The molecule has 0 saturated carbocycles. The first-order valence-electron chi connectivity index (χ1n) is 11.6. The summed E-state index contributed by atoms with van der Waals surface area (Å²) in [7, 11) is 0. The van der Waals surface area contributed by atoms with Gasteiger partial charge in [0, 0.05) is 44.7 Å². The summed E-state index contributed by atoms with van der Waals surface area (Å²) in [5, 5.41) is 6.99. The summed E-state index contributed by atoms with van der Waals surface area (Å²) in [5.74, 6) is -0.0847. The van der Waals surface area contributed by atoms with Gasteiger partial charge in [0.1, 0.15) is 11.2 Å². The number of aryl methyl sites for hydroxylation is 1. The van der Waals surface area contributed by atoms with E-state index < -0.39 is 0 Å². The first-order valence-corrected chi connectivity index (χ1v) is 11.6. The van der Waals surface area contributed by atoms with Crippen LogP contribution in [0, 0.1) is 0 Å². The second kappa shape index (κ2) is 10.0. The molecule has 0 spiro atoms. The van der Waals surface area contributed by atoms with E-state index in [0.29, 0.717) is 17.8 Å². The summed E-state index contributed by atoms with van der Waals surface area (Å²) < 4.78 is 6.69. The fourth-order valence-corrected chi connectivity index (χ4v) is 4.39. The molecular formula is C26H27N5O3. The molecule has 174 valence electrons. The van der Waals surface area contributed by atoms with Gasteiger partial charge in [0.05, 0.1) is 6.33 Å². The smallest absolute Gasteiger partial charge is 0.299 e. The van der Waals surface area contributed by atoms with Crippen molar-refractivity contribution in [1.29, 1.82) is 0 Å². The summed E-state index contributed by atoms with van der Waals surface area (Å²) in [4.78, 5) is 31.9. The monoisotopic (exact) mass is 457 g/mol. The lowest BCUT2D eigenvalue weighted by molar-refractivity contribution is -0.121. The predicted molar refractivity (Wildman–Crippen MR) is 129 cm³/mol. The lowest BCUT2D eigenvalue weighted by Gasteiger charge is -2.28. The van der Waals surface area contributed by atoms with E-state index in [1.54, 1.807) is 0 Å². The molecule has 8 nitrogen and oxygen atoms in total. The molecule has 2 aromatic carbocycles. The average molecular weight is 458 g/mol. The molecule has 1 N–H and O–H groups in total. The van der Waals surface area contributed by atoms with E-state index in [9.17, 15) is 9.59 Å². The number of rotatable bonds is 8. The Kier molecular flexibility index (Phi) is 6.49. The first-order chi connectivity index (χ1) is 16.7. The molecule has 0 fully saturated rings. The van der Waals surface area contributed by atoms with Crippen LogP contribution in [0.25, 0.3) is 22.4 Å². The first kappa shape index (κ1) is 22.0. The third kappa shape index (κ3) is 4.77. The standard InChI is InChI=1S/C26H27N5O3/c32-22(27-13-6-14-30-15-11-19-7-4-5-10-21(19)17-30)12-16-31-18-28-24-23(20-8-2-1-3-9-20)29-34-25(24)26(31)33/h1-5,7-10,18H,6,11-17H2,(H,27,32). The minimum atomic E-state index is -0.335. The van der Waals surface area contributed by atoms with Crippen molar-refractivity contribution in [2.75, 3.05) is 19.6 Å². The predicted octanol–water partition coefficient (Wildman–Crippen LogP) is 3.01. The van der Waals surface area contributed by atoms with E-state index in [1.807, 2.05) is 30.3 Å². The van der Waals surface area contributed by atoms with Gasteiger partial charge in [-0.15, -0.1) is 0 Å². The highest BCUT2D eigenvalue weighted by Gasteiger charge is 2.17. The van der Waals surface area contributed by atoms with Crippen LogP contribution in [0.2, 0.25) is 0 Å². The molecule has 1 amide bonds. The Labute approximate surface area is 197 Å². The number of benzene rings is 2. The minimum Gasteiger partial charge on any atom is -0.356 e. The van der Waals surface area contributed by atoms with Gasteiger partial charge in [0.2, 0.25) is 5.91 Å². The third-order valence-corrected chi connectivity index (χ3v) is 6.26. The molecule has 1 aliphatic heterocycles. The maximum Gasteiger partial charge on any atom is 0.299 e. The van der Waals surface area contributed by atoms with Crippen LogP contribution in [-0.2, 0) is 24.3 Å². The maximum absolute atomic E-state index is 12.8. The Balaban J connectivity index is 1.10. The van der Waals surface area contributed by atoms with Gasteiger partial charge in [-0.25, -0.2) is 4.98 Å². The molecule has 0 atom stereocenters. The molecule has 34 heavy (non-hydrogen) atoms. The van der Waals surface area contributed by atoms with Crippen LogP contribution < -0.4 is 10.9 Å². The number of nitrogens with zero attached hydrogens (tertiary/aromatic N) is 4. The minimum absolute atomic E-state index is 0.0847. The number of carbonyl (C=O) groups excluding carboxylic acids is 1. The van der Waals surface area contributed by atoms with Crippen molar-refractivity contribution in [3.8, 4) is 11.3 Å². The maximum atomic E-state index is 12.8. The quantitative estimate of drug-likeness (QED) is 0.409. The fraction of sp³-hybridized carbons (Fsp3) is 0.308.